The molecule has 1 amide bonds. The number of amides is 1. The molecule has 0 aliphatic rings. The second-order valence-electron chi connectivity index (χ2n) is 5.29. The molecular formula is C17H16N6O. The first-order chi connectivity index (χ1) is 11.5. The number of pyridine rings is 1. The molecule has 0 spiro atoms. The number of carbonyl (C=O) groups excluding carboxylic acids is 1. The number of rotatable bonds is 4. The summed E-state index contributed by atoms with van der Waals surface area (Å²) in [5.74, 6) is 0.0962. The van der Waals surface area contributed by atoms with Crippen LogP contribution in [-0.4, -0.2) is 20.4 Å². The lowest BCUT2D eigenvalue weighted by Crippen LogP contribution is -2.16. The molecule has 4 N–H and O–H groups in total. The van der Waals surface area contributed by atoms with Crippen LogP contribution >= 0.6 is 0 Å². The SMILES string of the molecule is Cc1cccc(Nc2nc(-n3ccc(=N)cc3)ncc2C(N)=O)c1. The Balaban J connectivity index is 2.04. The molecule has 7 nitrogen and oxygen atoms in total. The fourth-order valence-corrected chi connectivity index (χ4v) is 2.19. The maximum Gasteiger partial charge on any atom is 0.254 e. The number of nitrogens with one attached hydrogen (secondary N) is 2. The zero-order chi connectivity index (χ0) is 17.1. The highest BCUT2D eigenvalue weighted by Crippen LogP contribution is 2.20. The van der Waals surface area contributed by atoms with Crippen molar-refractivity contribution in [2.24, 2.45) is 5.73 Å². The van der Waals surface area contributed by atoms with E-state index >= 15 is 0 Å². The van der Waals surface area contributed by atoms with Gasteiger partial charge in [-0.1, -0.05) is 12.1 Å². The lowest BCUT2D eigenvalue weighted by atomic mass is 10.2. The summed E-state index contributed by atoms with van der Waals surface area (Å²) in [4.78, 5) is 20.2. The van der Waals surface area contributed by atoms with Gasteiger partial charge in [-0.2, -0.15) is 4.98 Å². The highest BCUT2D eigenvalue weighted by Gasteiger charge is 2.13. The molecule has 2 heterocycles. The molecule has 0 saturated heterocycles. The van der Waals surface area contributed by atoms with Gasteiger partial charge in [0.1, 0.15) is 11.4 Å². The van der Waals surface area contributed by atoms with Gasteiger partial charge in [-0.15, -0.1) is 0 Å². The Kier molecular flexibility index (Phi) is 4.07. The van der Waals surface area contributed by atoms with Crippen LogP contribution in [0.4, 0.5) is 11.5 Å². The van der Waals surface area contributed by atoms with E-state index in [9.17, 15) is 4.79 Å². The van der Waals surface area contributed by atoms with Crippen LogP contribution < -0.4 is 16.4 Å². The van der Waals surface area contributed by atoms with Crippen LogP contribution in [-0.2, 0) is 0 Å². The number of anilines is 2. The van der Waals surface area contributed by atoms with Crippen LogP contribution in [0, 0.1) is 12.3 Å². The third-order valence-corrected chi connectivity index (χ3v) is 3.38. The number of hydrogen-bond acceptors (Lipinski definition) is 5. The van der Waals surface area contributed by atoms with Crippen molar-refractivity contribution < 1.29 is 4.79 Å². The molecule has 1 aromatic carbocycles. The summed E-state index contributed by atoms with van der Waals surface area (Å²) in [5, 5.41) is 11.0. The molecule has 0 aliphatic heterocycles. The van der Waals surface area contributed by atoms with E-state index in [1.165, 1.54) is 6.20 Å². The van der Waals surface area contributed by atoms with Crippen LogP contribution in [0.1, 0.15) is 15.9 Å². The molecule has 3 aromatic rings. The second-order valence-corrected chi connectivity index (χ2v) is 5.29. The molecular weight excluding hydrogens is 304 g/mol. The third kappa shape index (κ3) is 3.30. The van der Waals surface area contributed by atoms with E-state index in [2.05, 4.69) is 15.3 Å². The normalized spacial score (nSPS) is 10.4. The molecule has 0 atom stereocenters. The summed E-state index contributed by atoms with van der Waals surface area (Å²) in [6.45, 7) is 1.98. The maximum atomic E-state index is 11.6. The Hall–Kier alpha value is -3.48. The predicted octanol–water partition coefficient (Wildman–Crippen LogP) is 1.90. The minimum atomic E-state index is -0.608. The second kappa shape index (κ2) is 6.33. The smallest absolute Gasteiger partial charge is 0.254 e. The van der Waals surface area contributed by atoms with Crippen LogP contribution in [0.3, 0.4) is 0 Å². The van der Waals surface area contributed by atoms with Crippen molar-refractivity contribution in [2.75, 3.05) is 5.32 Å². The number of hydrogen-bond donors (Lipinski definition) is 3. The van der Waals surface area contributed by atoms with Gasteiger partial charge in [0.05, 0.1) is 5.36 Å². The topological polar surface area (TPSA) is 110 Å². The molecule has 0 bridgehead atoms. The van der Waals surface area contributed by atoms with Gasteiger partial charge in [0.2, 0.25) is 5.95 Å². The summed E-state index contributed by atoms with van der Waals surface area (Å²) in [6.07, 6.45) is 4.75. The predicted molar refractivity (Wildman–Crippen MR) is 90.2 cm³/mol. The molecule has 0 fully saturated rings. The third-order valence-electron chi connectivity index (χ3n) is 3.38. The number of nitrogens with two attached hydrogens (primary N) is 1. The first kappa shape index (κ1) is 15.4. The fraction of sp³-hybridized carbons (Fsp3) is 0.0588. The first-order valence-electron chi connectivity index (χ1n) is 7.27. The first-order valence-corrected chi connectivity index (χ1v) is 7.27. The van der Waals surface area contributed by atoms with Gasteiger partial charge in [0.15, 0.2) is 0 Å². The average Bonchev–Trinajstić information content (AvgIpc) is 2.55. The Labute approximate surface area is 138 Å². The van der Waals surface area contributed by atoms with Gasteiger partial charge in [-0.05, 0) is 36.8 Å². The van der Waals surface area contributed by atoms with E-state index in [1.54, 1.807) is 29.1 Å². The summed E-state index contributed by atoms with van der Waals surface area (Å²) in [6, 6.07) is 10.9. The Bertz CT molecular complexity index is 943. The Morgan fingerprint density at radius 3 is 2.67 bits per heavy atom. The molecule has 0 aliphatic carbocycles. The van der Waals surface area contributed by atoms with Crippen molar-refractivity contribution >= 4 is 17.4 Å². The van der Waals surface area contributed by atoms with Gasteiger partial charge < -0.3 is 16.5 Å². The van der Waals surface area contributed by atoms with Gasteiger partial charge >= 0.3 is 0 Å². The fourth-order valence-electron chi connectivity index (χ4n) is 2.19. The summed E-state index contributed by atoms with van der Waals surface area (Å²) < 4.78 is 1.66. The Morgan fingerprint density at radius 2 is 2.00 bits per heavy atom. The van der Waals surface area contributed by atoms with Crippen LogP contribution in [0.15, 0.2) is 55.0 Å². The van der Waals surface area contributed by atoms with Crippen molar-refractivity contribution in [3.05, 3.63) is 71.5 Å². The standard InChI is InChI=1S/C17H16N6O/c1-11-3-2-4-13(9-11)21-16-14(15(19)24)10-20-17(22-16)23-7-5-12(18)6-8-23/h2-10,18H,1H3,(H2,19,24)(H,20,21,22). The molecule has 24 heavy (non-hydrogen) atoms. The number of aryl methyl sites for hydroxylation is 1. The lowest BCUT2D eigenvalue weighted by molar-refractivity contribution is 0.100. The zero-order valence-corrected chi connectivity index (χ0v) is 13.0. The van der Waals surface area contributed by atoms with Crippen molar-refractivity contribution in [3.63, 3.8) is 0 Å². The van der Waals surface area contributed by atoms with Crippen molar-refractivity contribution in [1.29, 1.82) is 5.41 Å². The lowest BCUT2D eigenvalue weighted by Gasteiger charge is -2.12. The maximum absolute atomic E-state index is 11.6. The van der Waals surface area contributed by atoms with Gasteiger partial charge in [-0.25, -0.2) is 4.98 Å². The number of aromatic nitrogens is 3. The number of nitrogens with zero attached hydrogens (tertiary/aromatic N) is 3. The van der Waals surface area contributed by atoms with Crippen molar-refractivity contribution in [2.45, 2.75) is 6.92 Å². The molecule has 3 rings (SSSR count). The van der Waals surface area contributed by atoms with E-state index < -0.39 is 5.91 Å². The zero-order valence-electron chi connectivity index (χ0n) is 13.0. The number of primary amides is 1. The summed E-state index contributed by atoms with van der Waals surface area (Å²) >= 11 is 0. The molecule has 120 valence electrons. The Morgan fingerprint density at radius 1 is 1.25 bits per heavy atom. The summed E-state index contributed by atoms with van der Waals surface area (Å²) in [7, 11) is 0. The quantitative estimate of drug-likeness (QED) is 0.682. The van der Waals surface area contributed by atoms with Crippen LogP contribution in [0.2, 0.25) is 0 Å². The van der Waals surface area contributed by atoms with Crippen molar-refractivity contribution in [1.82, 2.24) is 14.5 Å². The van der Waals surface area contributed by atoms with Gasteiger partial charge in [-0.3, -0.25) is 9.36 Å². The van der Waals surface area contributed by atoms with E-state index in [-0.39, 0.29) is 5.56 Å². The van der Waals surface area contributed by atoms with Gasteiger partial charge in [0.25, 0.3) is 5.91 Å². The highest BCUT2D eigenvalue weighted by atomic mass is 16.1. The average molecular weight is 320 g/mol. The van der Waals surface area contributed by atoms with E-state index in [1.807, 2.05) is 31.2 Å². The van der Waals surface area contributed by atoms with Crippen LogP contribution in [0.25, 0.3) is 5.95 Å². The summed E-state index contributed by atoms with van der Waals surface area (Å²) in [5.41, 5.74) is 7.50. The van der Waals surface area contributed by atoms with Crippen molar-refractivity contribution in [3.8, 4) is 5.95 Å². The van der Waals surface area contributed by atoms with E-state index in [0.29, 0.717) is 17.1 Å². The molecule has 0 radical (unpaired) electrons. The highest BCUT2D eigenvalue weighted by molar-refractivity contribution is 5.98. The monoisotopic (exact) mass is 320 g/mol. The number of carbonyl (C=O) groups is 1. The van der Waals surface area contributed by atoms with Gasteiger partial charge in [0, 0.05) is 24.3 Å². The van der Waals surface area contributed by atoms with E-state index in [4.69, 9.17) is 11.1 Å². The molecule has 0 unspecified atom stereocenters. The number of benzene rings is 1. The minimum Gasteiger partial charge on any atom is -0.365 e. The molecule has 7 heteroatoms. The largest absolute Gasteiger partial charge is 0.365 e. The molecule has 0 saturated carbocycles. The van der Waals surface area contributed by atoms with E-state index in [0.717, 1.165) is 11.3 Å². The molecule has 2 aromatic heterocycles. The minimum absolute atomic E-state index is 0.206. The van der Waals surface area contributed by atoms with Crippen LogP contribution in [0.5, 0.6) is 0 Å².